The van der Waals surface area contributed by atoms with Gasteiger partial charge in [0.1, 0.15) is 5.52 Å². The highest BCUT2D eigenvalue weighted by atomic mass is 35.5. The maximum Gasteiger partial charge on any atom is 0.243 e. The highest BCUT2D eigenvalue weighted by Crippen LogP contribution is 2.08. The minimum absolute atomic E-state index is 0.508. The molecule has 0 radical (unpaired) electrons. The molecule has 2 aromatic rings. The number of hydrogen-bond donors (Lipinski definition) is 1. The fourth-order valence-electron chi connectivity index (χ4n) is 1.35. The van der Waals surface area contributed by atoms with Crippen LogP contribution < -0.4 is 5.32 Å². The SMILES string of the molecule is ClCCOCCNc1nnc2ccccc2n1. The van der Waals surface area contributed by atoms with Gasteiger partial charge in [0.25, 0.3) is 0 Å². The molecular weight excluding hydrogens is 240 g/mol. The first-order valence-corrected chi connectivity index (χ1v) is 5.90. The van der Waals surface area contributed by atoms with E-state index in [0.717, 1.165) is 11.0 Å². The maximum atomic E-state index is 5.48. The molecule has 90 valence electrons. The number of anilines is 1. The second kappa shape index (κ2) is 6.32. The summed E-state index contributed by atoms with van der Waals surface area (Å²) in [4.78, 5) is 4.33. The van der Waals surface area contributed by atoms with Gasteiger partial charge in [-0.05, 0) is 12.1 Å². The van der Waals surface area contributed by atoms with Crippen LogP contribution in [-0.2, 0) is 4.74 Å². The lowest BCUT2D eigenvalue weighted by Gasteiger charge is -2.04. The second-order valence-corrected chi connectivity index (χ2v) is 3.73. The van der Waals surface area contributed by atoms with E-state index in [1.807, 2.05) is 24.3 Å². The Morgan fingerprint density at radius 2 is 1.94 bits per heavy atom. The van der Waals surface area contributed by atoms with Crippen LogP contribution in [0.25, 0.3) is 11.0 Å². The predicted octanol–water partition coefficient (Wildman–Crippen LogP) is 1.69. The third-order valence-corrected chi connectivity index (χ3v) is 2.27. The molecule has 0 saturated carbocycles. The predicted molar refractivity (Wildman–Crippen MR) is 67.4 cm³/mol. The lowest BCUT2D eigenvalue weighted by Crippen LogP contribution is -2.12. The molecule has 0 aliphatic rings. The van der Waals surface area contributed by atoms with Crippen LogP contribution in [0.2, 0.25) is 0 Å². The van der Waals surface area contributed by atoms with Crippen LogP contribution in [0, 0.1) is 0 Å². The minimum atomic E-state index is 0.508. The number of hydrogen-bond acceptors (Lipinski definition) is 5. The van der Waals surface area contributed by atoms with E-state index >= 15 is 0 Å². The van der Waals surface area contributed by atoms with Crippen LogP contribution in [0.15, 0.2) is 24.3 Å². The highest BCUT2D eigenvalue weighted by molar-refractivity contribution is 6.17. The van der Waals surface area contributed by atoms with E-state index in [1.165, 1.54) is 0 Å². The van der Waals surface area contributed by atoms with Gasteiger partial charge < -0.3 is 10.1 Å². The third-order valence-electron chi connectivity index (χ3n) is 2.11. The molecule has 1 N–H and O–H groups in total. The molecule has 5 nitrogen and oxygen atoms in total. The zero-order valence-electron chi connectivity index (χ0n) is 9.27. The lowest BCUT2D eigenvalue weighted by atomic mass is 10.3. The summed E-state index contributed by atoms with van der Waals surface area (Å²) in [5.41, 5.74) is 1.61. The number of ether oxygens (including phenoxy) is 1. The van der Waals surface area contributed by atoms with E-state index in [9.17, 15) is 0 Å². The van der Waals surface area contributed by atoms with E-state index in [0.29, 0.717) is 31.6 Å². The van der Waals surface area contributed by atoms with Crippen LogP contribution in [0.5, 0.6) is 0 Å². The second-order valence-electron chi connectivity index (χ2n) is 3.35. The van der Waals surface area contributed by atoms with Crippen LogP contribution >= 0.6 is 11.6 Å². The van der Waals surface area contributed by atoms with Crippen molar-refractivity contribution in [2.24, 2.45) is 0 Å². The Morgan fingerprint density at radius 1 is 1.12 bits per heavy atom. The van der Waals surface area contributed by atoms with E-state index in [4.69, 9.17) is 16.3 Å². The molecule has 0 fully saturated rings. The number of halogens is 1. The Labute approximate surface area is 104 Å². The fraction of sp³-hybridized carbons (Fsp3) is 0.364. The zero-order valence-corrected chi connectivity index (χ0v) is 10.0. The Morgan fingerprint density at radius 3 is 2.76 bits per heavy atom. The van der Waals surface area contributed by atoms with Gasteiger partial charge in [-0.15, -0.1) is 21.8 Å². The van der Waals surface area contributed by atoms with Crippen molar-refractivity contribution in [3.63, 3.8) is 0 Å². The number of nitrogens with one attached hydrogen (secondary N) is 1. The Bertz CT molecular complexity index is 480. The quantitative estimate of drug-likeness (QED) is 0.626. The molecule has 0 aliphatic heterocycles. The molecule has 0 amide bonds. The molecule has 1 heterocycles. The standard InChI is InChI=1S/C11H13ClN4O/c12-5-7-17-8-6-13-11-14-9-3-1-2-4-10(9)15-16-11/h1-4H,5-8H2,(H,13,14,16). The van der Waals surface area contributed by atoms with Crippen LogP contribution in [-0.4, -0.2) is 40.8 Å². The van der Waals surface area contributed by atoms with Gasteiger partial charge in [-0.25, -0.2) is 4.98 Å². The van der Waals surface area contributed by atoms with Crippen molar-refractivity contribution >= 4 is 28.6 Å². The molecule has 0 bridgehead atoms. The van der Waals surface area contributed by atoms with Gasteiger partial charge in [-0.3, -0.25) is 0 Å². The molecule has 6 heteroatoms. The summed E-state index contributed by atoms with van der Waals surface area (Å²) in [6.07, 6.45) is 0. The van der Waals surface area contributed by atoms with Crippen LogP contribution in [0.4, 0.5) is 5.95 Å². The Balaban J connectivity index is 1.90. The summed E-state index contributed by atoms with van der Waals surface area (Å²) in [6, 6.07) is 7.61. The molecule has 2 rings (SSSR count). The van der Waals surface area contributed by atoms with E-state index in [1.54, 1.807) is 0 Å². The van der Waals surface area contributed by atoms with Crippen molar-refractivity contribution < 1.29 is 4.74 Å². The molecular formula is C11H13ClN4O. The first-order chi connectivity index (χ1) is 8.40. The van der Waals surface area contributed by atoms with Crippen molar-refractivity contribution in [2.45, 2.75) is 0 Å². The number of fused-ring (bicyclic) bond motifs is 1. The van der Waals surface area contributed by atoms with Gasteiger partial charge in [0.2, 0.25) is 5.95 Å². The number of nitrogens with zero attached hydrogens (tertiary/aromatic N) is 3. The maximum absolute atomic E-state index is 5.48. The van der Waals surface area contributed by atoms with Gasteiger partial charge in [0, 0.05) is 12.4 Å². The normalized spacial score (nSPS) is 10.6. The Kier molecular flexibility index (Phi) is 4.46. The zero-order chi connectivity index (χ0) is 11.9. The van der Waals surface area contributed by atoms with Crippen molar-refractivity contribution in [1.29, 1.82) is 0 Å². The van der Waals surface area contributed by atoms with Gasteiger partial charge in [0.05, 0.1) is 18.7 Å². The molecule has 0 saturated heterocycles. The monoisotopic (exact) mass is 252 g/mol. The summed E-state index contributed by atoms with van der Waals surface area (Å²) in [7, 11) is 0. The van der Waals surface area contributed by atoms with Crippen LogP contribution in [0.3, 0.4) is 0 Å². The molecule has 1 aromatic heterocycles. The summed E-state index contributed by atoms with van der Waals surface area (Å²) in [6.45, 7) is 1.76. The van der Waals surface area contributed by atoms with Gasteiger partial charge in [0.15, 0.2) is 0 Å². The number of aromatic nitrogens is 3. The van der Waals surface area contributed by atoms with Crippen molar-refractivity contribution in [1.82, 2.24) is 15.2 Å². The molecule has 0 aliphatic carbocycles. The number of para-hydroxylation sites is 1. The number of alkyl halides is 1. The summed E-state index contributed by atoms with van der Waals surface area (Å²) in [5, 5.41) is 11.1. The van der Waals surface area contributed by atoms with Crippen LogP contribution in [0.1, 0.15) is 0 Å². The summed E-state index contributed by atoms with van der Waals surface area (Å²) < 4.78 is 5.22. The number of rotatable bonds is 6. The smallest absolute Gasteiger partial charge is 0.243 e. The van der Waals surface area contributed by atoms with Gasteiger partial charge >= 0.3 is 0 Å². The first-order valence-electron chi connectivity index (χ1n) is 5.37. The summed E-state index contributed by atoms with van der Waals surface area (Å²) in [5.74, 6) is 1.02. The molecule has 0 atom stereocenters. The average molecular weight is 253 g/mol. The molecule has 1 aromatic carbocycles. The van der Waals surface area contributed by atoms with E-state index in [2.05, 4.69) is 20.5 Å². The van der Waals surface area contributed by atoms with Crippen molar-refractivity contribution in [3.8, 4) is 0 Å². The fourth-order valence-corrected chi connectivity index (χ4v) is 1.46. The molecule has 0 spiro atoms. The average Bonchev–Trinajstić information content (AvgIpc) is 2.38. The highest BCUT2D eigenvalue weighted by Gasteiger charge is 1.99. The minimum Gasteiger partial charge on any atom is -0.378 e. The van der Waals surface area contributed by atoms with E-state index in [-0.39, 0.29) is 0 Å². The van der Waals surface area contributed by atoms with E-state index < -0.39 is 0 Å². The Hall–Kier alpha value is -1.46. The number of benzene rings is 1. The first kappa shape index (κ1) is 12.0. The van der Waals surface area contributed by atoms with Crippen molar-refractivity contribution in [2.75, 3.05) is 31.0 Å². The topological polar surface area (TPSA) is 59.9 Å². The van der Waals surface area contributed by atoms with Gasteiger partial charge in [-0.1, -0.05) is 12.1 Å². The third kappa shape index (κ3) is 3.51. The largest absolute Gasteiger partial charge is 0.378 e. The van der Waals surface area contributed by atoms with Crippen molar-refractivity contribution in [3.05, 3.63) is 24.3 Å². The molecule has 17 heavy (non-hydrogen) atoms. The summed E-state index contributed by atoms with van der Waals surface area (Å²) >= 11 is 5.48. The van der Waals surface area contributed by atoms with Gasteiger partial charge in [-0.2, -0.15) is 0 Å². The molecule has 0 unspecified atom stereocenters. The lowest BCUT2D eigenvalue weighted by molar-refractivity contribution is 0.160.